The Hall–Kier alpha value is -2.26. The Bertz CT molecular complexity index is 946. The average Bonchev–Trinajstić information content (AvgIpc) is 3.07. The number of esters is 1. The van der Waals surface area contributed by atoms with Gasteiger partial charge >= 0.3 is 5.97 Å². The molecule has 3 rings (SSSR count). The fourth-order valence-corrected chi connectivity index (χ4v) is 5.22. The highest BCUT2D eigenvalue weighted by Gasteiger charge is 2.32. The predicted octanol–water partition coefficient (Wildman–Crippen LogP) is 2.96. The smallest absolute Gasteiger partial charge is 0.338 e. The quantitative estimate of drug-likeness (QED) is 0.702. The van der Waals surface area contributed by atoms with Gasteiger partial charge in [-0.25, -0.2) is 13.2 Å². The molecule has 0 aliphatic carbocycles. The first-order chi connectivity index (χ1) is 13.2. The Balaban J connectivity index is 1.78. The summed E-state index contributed by atoms with van der Waals surface area (Å²) in [6, 6.07) is 5.92. The Morgan fingerprint density at radius 3 is 2.54 bits per heavy atom. The molecule has 1 aromatic carbocycles. The number of ether oxygens (including phenoxy) is 1. The van der Waals surface area contributed by atoms with Crippen LogP contribution in [0.1, 0.15) is 55.4 Å². The van der Waals surface area contributed by atoms with E-state index in [1.165, 1.54) is 22.5 Å². The Morgan fingerprint density at radius 1 is 1.25 bits per heavy atom. The van der Waals surface area contributed by atoms with Crippen molar-refractivity contribution in [3.8, 4) is 0 Å². The molecular weight excluding hydrogens is 382 g/mol. The van der Waals surface area contributed by atoms with Gasteiger partial charge < -0.3 is 9.15 Å². The highest BCUT2D eigenvalue weighted by Crippen LogP contribution is 2.27. The van der Waals surface area contributed by atoms with Gasteiger partial charge in [-0.05, 0) is 43.4 Å². The molecule has 0 N–H and O–H groups in total. The number of hydrogen-bond acceptors (Lipinski definition) is 7. The van der Waals surface area contributed by atoms with Crippen LogP contribution in [-0.2, 0) is 14.8 Å². The van der Waals surface area contributed by atoms with Crippen molar-refractivity contribution < 1.29 is 22.4 Å². The van der Waals surface area contributed by atoms with E-state index < -0.39 is 22.1 Å². The molecule has 1 aliphatic rings. The third-order valence-electron chi connectivity index (χ3n) is 4.72. The number of aryl methyl sites for hydroxylation is 1. The molecule has 1 aromatic heterocycles. The summed E-state index contributed by atoms with van der Waals surface area (Å²) in [5, 5.41) is 7.53. The number of nitrogens with zero attached hydrogens (tertiary/aromatic N) is 3. The summed E-state index contributed by atoms with van der Waals surface area (Å²) < 4.78 is 38.2. The van der Waals surface area contributed by atoms with E-state index in [1.807, 2.05) is 13.8 Å². The number of rotatable bonds is 5. The summed E-state index contributed by atoms with van der Waals surface area (Å²) in [7, 11) is -3.68. The summed E-state index contributed by atoms with van der Waals surface area (Å²) in [6.07, 6.45) is 0.267. The monoisotopic (exact) mass is 407 g/mol. The lowest BCUT2D eigenvalue weighted by Gasteiger charge is -2.34. The highest BCUT2D eigenvalue weighted by atomic mass is 32.2. The van der Waals surface area contributed by atoms with E-state index in [4.69, 9.17) is 9.15 Å². The molecule has 0 saturated carbocycles. The molecule has 3 unspecified atom stereocenters. The molecule has 1 saturated heterocycles. The number of aromatic nitrogens is 2. The normalized spacial score (nSPS) is 22.0. The molecule has 9 heteroatoms. The molecule has 8 nitrogen and oxygen atoms in total. The van der Waals surface area contributed by atoms with E-state index in [1.54, 1.807) is 19.9 Å². The van der Waals surface area contributed by atoms with Crippen LogP contribution in [-0.4, -0.2) is 42.0 Å². The van der Waals surface area contributed by atoms with Crippen molar-refractivity contribution in [1.29, 1.82) is 0 Å². The molecule has 1 fully saturated rings. The van der Waals surface area contributed by atoms with E-state index in [0.717, 1.165) is 6.42 Å². The molecule has 0 radical (unpaired) electrons. The summed E-state index contributed by atoms with van der Waals surface area (Å²) in [4.78, 5) is 12.6. The van der Waals surface area contributed by atoms with Crippen molar-refractivity contribution in [2.45, 2.75) is 45.1 Å². The number of carbonyl (C=O) groups excluding carboxylic acids is 1. The van der Waals surface area contributed by atoms with Crippen molar-refractivity contribution in [3.63, 3.8) is 0 Å². The van der Waals surface area contributed by atoms with E-state index in [0.29, 0.717) is 30.8 Å². The third kappa shape index (κ3) is 4.41. The molecule has 3 atom stereocenters. The van der Waals surface area contributed by atoms with Crippen LogP contribution in [0.4, 0.5) is 0 Å². The fraction of sp³-hybridized carbons (Fsp3) is 0.526. The topological polar surface area (TPSA) is 103 Å². The zero-order chi connectivity index (χ0) is 20.5. The fourth-order valence-electron chi connectivity index (χ4n) is 3.49. The minimum atomic E-state index is -3.68. The lowest BCUT2D eigenvalue weighted by atomic mass is 9.94. The van der Waals surface area contributed by atoms with Crippen molar-refractivity contribution >= 4 is 16.0 Å². The maximum atomic E-state index is 13.0. The molecule has 0 bridgehead atoms. The second-order valence-corrected chi connectivity index (χ2v) is 9.44. The highest BCUT2D eigenvalue weighted by molar-refractivity contribution is 7.89. The van der Waals surface area contributed by atoms with Crippen LogP contribution in [0, 0.1) is 18.8 Å². The number of hydrogen-bond donors (Lipinski definition) is 0. The maximum absolute atomic E-state index is 13.0. The van der Waals surface area contributed by atoms with Gasteiger partial charge in [-0.1, -0.05) is 19.9 Å². The third-order valence-corrected chi connectivity index (χ3v) is 6.54. The molecule has 28 heavy (non-hydrogen) atoms. The van der Waals surface area contributed by atoms with Crippen molar-refractivity contribution in [2.75, 3.05) is 13.1 Å². The largest absolute Gasteiger partial charge is 0.449 e. The van der Waals surface area contributed by atoms with Gasteiger partial charge in [0.05, 0.1) is 10.5 Å². The summed E-state index contributed by atoms with van der Waals surface area (Å²) in [5.74, 6) is 0.499. The van der Waals surface area contributed by atoms with E-state index >= 15 is 0 Å². The van der Waals surface area contributed by atoms with Crippen LogP contribution in [0.25, 0.3) is 0 Å². The second kappa shape index (κ2) is 8.00. The number of benzene rings is 1. The summed E-state index contributed by atoms with van der Waals surface area (Å²) >= 11 is 0. The Morgan fingerprint density at radius 2 is 1.93 bits per heavy atom. The zero-order valence-electron chi connectivity index (χ0n) is 16.5. The van der Waals surface area contributed by atoms with Gasteiger partial charge in [0.15, 0.2) is 6.10 Å². The lowest BCUT2D eigenvalue weighted by Crippen LogP contribution is -2.42. The number of carbonyl (C=O) groups is 1. The van der Waals surface area contributed by atoms with E-state index in [2.05, 4.69) is 10.2 Å². The lowest BCUT2D eigenvalue weighted by molar-refractivity contribution is 0.0276. The standard InChI is InChI=1S/C19H25N3O5S/c1-12-8-13(2)11-22(10-12)28(24,25)17-7-5-6-16(9-17)19(23)26-14(3)18-21-20-15(4)27-18/h5-7,9,12-14H,8,10-11H2,1-4H3. The van der Waals surface area contributed by atoms with Crippen LogP contribution in [0.2, 0.25) is 0 Å². The molecule has 0 amide bonds. The van der Waals surface area contributed by atoms with Crippen LogP contribution in [0.5, 0.6) is 0 Å². The van der Waals surface area contributed by atoms with Crippen molar-refractivity contribution in [2.24, 2.45) is 11.8 Å². The summed E-state index contributed by atoms with van der Waals surface area (Å²) in [5.41, 5.74) is 0.155. The van der Waals surface area contributed by atoms with Crippen LogP contribution in [0.3, 0.4) is 0 Å². The van der Waals surface area contributed by atoms with Gasteiger partial charge in [-0.2, -0.15) is 4.31 Å². The maximum Gasteiger partial charge on any atom is 0.338 e. The minimum Gasteiger partial charge on any atom is -0.449 e. The molecule has 2 heterocycles. The zero-order valence-corrected chi connectivity index (χ0v) is 17.3. The first-order valence-electron chi connectivity index (χ1n) is 9.28. The van der Waals surface area contributed by atoms with Crippen LogP contribution >= 0.6 is 0 Å². The molecule has 0 spiro atoms. The summed E-state index contributed by atoms with van der Waals surface area (Å²) in [6.45, 7) is 8.31. The molecule has 1 aliphatic heterocycles. The van der Waals surface area contributed by atoms with Gasteiger partial charge in [0.1, 0.15) is 0 Å². The number of piperidine rings is 1. The SMILES string of the molecule is Cc1nnc(C(C)OC(=O)c2cccc(S(=O)(=O)N3CC(C)CC(C)C3)c2)o1. The first-order valence-corrected chi connectivity index (χ1v) is 10.7. The molecule has 2 aromatic rings. The minimum absolute atomic E-state index is 0.0875. The Labute approximate surface area is 164 Å². The van der Waals surface area contributed by atoms with Gasteiger partial charge in [0, 0.05) is 20.0 Å². The molecular formula is C19H25N3O5S. The van der Waals surface area contributed by atoms with Gasteiger partial charge in [0.25, 0.3) is 5.89 Å². The second-order valence-electron chi connectivity index (χ2n) is 7.50. The van der Waals surface area contributed by atoms with Gasteiger partial charge in [-0.15, -0.1) is 10.2 Å². The predicted molar refractivity (Wildman–Crippen MR) is 101 cm³/mol. The van der Waals surface area contributed by atoms with Crippen molar-refractivity contribution in [1.82, 2.24) is 14.5 Å². The average molecular weight is 407 g/mol. The number of sulfonamides is 1. The first kappa shape index (κ1) is 20.5. The van der Waals surface area contributed by atoms with E-state index in [9.17, 15) is 13.2 Å². The Kier molecular flexibility index (Phi) is 5.85. The van der Waals surface area contributed by atoms with Crippen molar-refractivity contribution in [3.05, 3.63) is 41.6 Å². The van der Waals surface area contributed by atoms with Gasteiger partial charge in [-0.3, -0.25) is 0 Å². The van der Waals surface area contributed by atoms with Crippen LogP contribution < -0.4 is 0 Å². The van der Waals surface area contributed by atoms with Gasteiger partial charge in [0.2, 0.25) is 15.9 Å². The molecule has 152 valence electrons. The van der Waals surface area contributed by atoms with Crippen LogP contribution in [0.15, 0.2) is 33.6 Å². The van der Waals surface area contributed by atoms with E-state index in [-0.39, 0.29) is 16.3 Å².